The van der Waals surface area contributed by atoms with Gasteiger partial charge in [0.2, 0.25) is 5.88 Å². The predicted molar refractivity (Wildman–Crippen MR) is 93.9 cm³/mol. The van der Waals surface area contributed by atoms with E-state index in [1.807, 2.05) is 19.1 Å². The molecule has 0 aliphatic carbocycles. The molecule has 0 aromatic carbocycles. The van der Waals surface area contributed by atoms with Crippen LogP contribution in [0.5, 0.6) is 5.88 Å². The number of rotatable bonds is 7. The summed E-state index contributed by atoms with van der Waals surface area (Å²) >= 11 is 0. The average Bonchev–Trinajstić information content (AvgIpc) is 2.59. The first-order valence-corrected chi connectivity index (χ1v) is 8.56. The lowest BCUT2D eigenvalue weighted by molar-refractivity contribution is 0.232. The lowest BCUT2D eigenvalue weighted by atomic mass is 10.1. The molecule has 2 N–H and O–H groups in total. The number of guanidine groups is 1. The van der Waals surface area contributed by atoms with E-state index in [9.17, 15) is 0 Å². The first kappa shape index (κ1) is 17.5. The van der Waals surface area contributed by atoms with Gasteiger partial charge >= 0.3 is 0 Å². The molecule has 1 saturated heterocycles. The fraction of sp³-hybridized carbons (Fsp3) is 0.647. The van der Waals surface area contributed by atoms with E-state index in [1.165, 1.54) is 32.4 Å². The molecule has 1 aromatic rings. The van der Waals surface area contributed by atoms with Gasteiger partial charge in [-0.05, 0) is 44.5 Å². The van der Waals surface area contributed by atoms with Gasteiger partial charge in [0.05, 0.1) is 6.61 Å². The Kier molecular flexibility index (Phi) is 7.66. The zero-order valence-corrected chi connectivity index (χ0v) is 14.3. The maximum absolute atomic E-state index is 5.42. The quantitative estimate of drug-likeness (QED) is 0.591. The number of likely N-dealkylation sites (tertiary alicyclic amines) is 1. The van der Waals surface area contributed by atoms with Gasteiger partial charge < -0.3 is 20.3 Å². The molecule has 0 atom stereocenters. The fourth-order valence-electron chi connectivity index (χ4n) is 2.71. The lowest BCUT2D eigenvalue weighted by Crippen LogP contribution is -2.42. The summed E-state index contributed by atoms with van der Waals surface area (Å²) in [4.78, 5) is 11.0. The third-order valence-electron chi connectivity index (χ3n) is 3.94. The summed E-state index contributed by atoms with van der Waals surface area (Å²) in [5, 5.41) is 6.71. The predicted octanol–water partition coefficient (Wildman–Crippen LogP) is 1.63. The van der Waals surface area contributed by atoms with Crippen LogP contribution in [0.4, 0.5) is 0 Å². The Morgan fingerprint density at radius 3 is 2.87 bits per heavy atom. The van der Waals surface area contributed by atoms with Crippen molar-refractivity contribution >= 4 is 5.96 Å². The molecule has 0 unspecified atom stereocenters. The highest BCUT2D eigenvalue weighted by molar-refractivity contribution is 5.79. The normalized spacial score (nSPS) is 16.2. The Morgan fingerprint density at radius 2 is 2.13 bits per heavy atom. The Balaban J connectivity index is 1.71. The minimum Gasteiger partial charge on any atom is -0.478 e. The summed E-state index contributed by atoms with van der Waals surface area (Å²) in [7, 11) is 1.80. The molecule has 0 spiro atoms. The van der Waals surface area contributed by atoms with Crippen LogP contribution in [0.1, 0.15) is 31.7 Å². The topological polar surface area (TPSA) is 61.8 Å². The van der Waals surface area contributed by atoms with E-state index >= 15 is 0 Å². The smallest absolute Gasteiger partial charge is 0.213 e. The average molecular weight is 319 g/mol. The molecule has 6 heteroatoms. The maximum atomic E-state index is 5.42. The van der Waals surface area contributed by atoms with E-state index in [4.69, 9.17) is 4.74 Å². The van der Waals surface area contributed by atoms with Crippen molar-refractivity contribution in [2.45, 2.75) is 32.7 Å². The molecule has 1 aliphatic heterocycles. The van der Waals surface area contributed by atoms with Gasteiger partial charge in [-0.25, -0.2) is 4.98 Å². The minimum atomic E-state index is 0.629. The van der Waals surface area contributed by atoms with E-state index in [2.05, 4.69) is 25.5 Å². The van der Waals surface area contributed by atoms with Crippen LogP contribution in [0.15, 0.2) is 23.3 Å². The van der Waals surface area contributed by atoms with E-state index in [0.29, 0.717) is 19.0 Å². The number of hydrogen-bond acceptors (Lipinski definition) is 4. The van der Waals surface area contributed by atoms with Crippen molar-refractivity contribution in [2.75, 3.05) is 39.8 Å². The van der Waals surface area contributed by atoms with Gasteiger partial charge in [-0.15, -0.1) is 0 Å². The summed E-state index contributed by atoms with van der Waals surface area (Å²) in [5.74, 6) is 1.50. The molecular weight excluding hydrogens is 290 g/mol. The van der Waals surface area contributed by atoms with Crippen LogP contribution in [-0.4, -0.2) is 55.7 Å². The number of nitrogens with zero attached hydrogens (tertiary/aromatic N) is 3. The number of aromatic nitrogens is 1. The third kappa shape index (κ3) is 6.44. The molecule has 2 heterocycles. The second kappa shape index (κ2) is 10.0. The van der Waals surface area contributed by atoms with Gasteiger partial charge in [-0.2, -0.15) is 0 Å². The molecule has 0 radical (unpaired) electrons. The number of nitrogens with one attached hydrogen (secondary N) is 2. The number of ether oxygens (including phenoxy) is 1. The van der Waals surface area contributed by atoms with Crippen molar-refractivity contribution in [3.05, 3.63) is 23.9 Å². The zero-order valence-electron chi connectivity index (χ0n) is 14.3. The van der Waals surface area contributed by atoms with Crippen LogP contribution in [0, 0.1) is 0 Å². The van der Waals surface area contributed by atoms with Crippen LogP contribution in [0.3, 0.4) is 0 Å². The maximum Gasteiger partial charge on any atom is 0.213 e. The van der Waals surface area contributed by atoms with E-state index in [-0.39, 0.29) is 0 Å². The molecule has 2 rings (SSSR count). The summed E-state index contributed by atoms with van der Waals surface area (Å²) in [5.41, 5.74) is 1.13. The highest BCUT2D eigenvalue weighted by Gasteiger charge is 2.09. The Morgan fingerprint density at radius 1 is 1.30 bits per heavy atom. The second-order valence-corrected chi connectivity index (χ2v) is 5.69. The Bertz CT molecular complexity index is 486. The van der Waals surface area contributed by atoms with Crippen molar-refractivity contribution < 1.29 is 4.74 Å². The molecule has 0 saturated carbocycles. The lowest BCUT2D eigenvalue weighted by Gasteiger charge is -2.26. The highest BCUT2D eigenvalue weighted by Crippen LogP contribution is 2.09. The number of pyridine rings is 1. The van der Waals surface area contributed by atoms with Crippen LogP contribution < -0.4 is 15.4 Å². The van der Waals surface area contributed by atoms with E-state index in [0.717, 1.165) is 24.6 Å². The summed E-state index contributed by atoms with van der Waals surface area (Å²) in [6, 6.07) is 3.94. The fourth-order valence-corrected chi connectivity index (χ4v) is 2.71. The van der Waals surface area contributed by atoms with Crippen LogP contribution in [-0.2, 0) is 6.54 Å². The molecule has 1 fully saturated rings. The van der Waals surface area contributed by atoms with E-state index < -0.39 is 0 Å². The first-order valence-electron chi connectivity index (χ1n) is 8.56. The van der Waals surface area contributed by atoms with E-state index in [1.54, 1.807) is 13.2 Å². The molecule has 0 amide bonds. The second-order valence-electron chi connectivity index (χ2n) is 5.69. The van der Waals surface area contributed by atoms with Gasteiger partial charge in [0.1, 0.15) is 0 Å². The molecule has 6 nitrogen and oxygen atoms in total. The third-order valence-corrected chi connectivity index (χ3v) is 3.94. The summed E-state index contributed by atoms with van der Waals surface area (Å²) in [6.07, 6.45) is 5.81. The molecule has 1 aromatic heterocycles. The molecule has 1 aliphatic rings. The van der Waals surface area contributed by atoms with Crippen LogP contribution >= 0.6 is 0 Å². The SMILES string of the molecule is CCOc1cc(CNC(=NC)NCCN2CCCCC2)ccn1. The van der Waals surface area contributed by atoms with Crippen molar-refractivity contribution in [1.82, 2.24) is 20.5 Å². The molecule has 0 bridgehead atoms. The van der Waals surface area contributed by atoms with Crippen molar-refractivity contribution in [2.24, 2.45) is 4.99 Å². The first-order chi connectivity index (χ1) is 11.3. The number of aliphatic imine (C=N–C) groups is 1. The number of hydrogen-bond donors (Lipinski definition) is 2. The largest absolute Gasteiger partial charge is 0.478 e. The van der Waals surface area contributed by atoms with Gasteiger partial charge in [-0.3, -0.25) is 4.99 Å². The summed E-state index contributed by atoms with van der Waals surface area (Å²) < 4.78 is 5.42. The zero-order chi connectivity index (χ0) is 16.3. The van der Waals surface area contributed by atoms with Crippen molar-refractivity contribution in [3.8, 4) is 5.88 Å². The van der Waals surface area contributed by atoms with Gasteiger partial charge in [0.25, 0.3) is 0 Å². The molecular formula is C17H29N5O. The van der Waals surface area contributed by atoms with Crippen LogP contribution in [0.25, 0.3) is 0 Å². The monoisotopic (exact) mass is 319 g/mol. The van der Waals surface area contributed by atoms with Crippen molar-refractivity contribution in [3.63, 3.8) is 0 Å². The van der Waals surface area contributed by atoms with Gasteiger partial charge in [0.15, 0.2) is 5.96 Å². The van der Waals surface area contributed by atoms with Crippen molar-refractivity contribution in [1.29, 1.82) is 0 Å². The highest BCUT2D eigenvalue weighted by atomic mass is 16.5. The standard InChI is InChI=1S/C17H29N5O/c1-3-23-16-13-15(7-8-19-16)14-21-17(18-2)20-9-12-22-10-5-4-6-11-22/h7-8,13H,3-6,9-12,14H2,1-2H3,(H2,18,20,21). The molecule has 23 heavy (non-hydrogen) atoms. The number of piperidine rings is 1. The Hall–Kier alpha value is -1.82. The van der Waals surface area contributed by atoms with Crippen LogP contribution in [0.2, 0.25) is 0 Å². The minimum absolute atomic E-state index is 0.629. The summed E-state index contributed by atoms with van der Waals surface area (Å²) in [6.45, 7) is 7.73. The molecule has 128 valence electrons. The van der Waals surface area contributed by atoms with Gasteiger partial charge in [0, 0.05) is 38.9 Å². The Labute approximate surface area is 139 Å². The van der Waals surface area contributed by atoms with Gasteiger partial charge in [-0.1, -0.05) is 6.42 Å².